The lowest BCUT2D eigenvalue weighted by atomic mass is 10.0. The maximum Gasteiger partial charge on any atom is 0.263 e. The van der Waals surface area contributed by atoms with E-state index in [-0.39, 0.29) is 17.8 Å². The molecule has 0 bridgehead atoms. The van der Waals surface area contributed by atoms with Gasteiger partial charge in [0.2, 0.25) is 0 Å². The van der Waals surface area contributed by atoms with Crippen molar-refractivity contribution in [2.75, 3.05) is 32.1 Å². The lowest BCUT2D eigenvalue weighted by molar-refractivity contribution is -0.128. The molecule has 0 saturated carbocycles. The third-order valence-corrected chi connectivity index (χ3v) is 5.84. The molecule has 30 heavy (non-hydrogen) atoms. The van der Waals surface area contributed by atoms with Crippen LogP contribution in [-0.2, 0) is 11.3 Å². The second-order valence-corrected chi connectivity index (χ2v) is 8.06. The molecule has 1 atom stereocenters. The first-order chi connectivity index (χ1) is 14.5. The molecule has 1 saturated heterocycles. The molecule has 2 aliphatic heterocycles. The Hall–Kier alpha value is -2.51. The van der Waals surface area contributed by atoms with Gasteiger partial charge in [0, 0.05) is 31.7 Å². The summed E-state index contributed by atoms with van der Waals surface area (Å²) in [6.07, 6.45) is 1.13. The Morgan fingerprint density at radius 3 is 2.73 bits per heavy atom. The largest absolute Gasteiger partial charge is 0.495 e. The minimum absolute atomic E-state index is 0.117. The van der Waals surface area contributed by atoms with Gasteiger partial charge in [0.1, 0.15) is 17.3 Å². The zero-order chi connectivity index (χ0) is 21.1. The third kappa shape index (κ3) is 4.79. The first-order valence-electron chi connectivity index (χ1n) is 10.1. The molecule has 1 amide bonds. The van der Waals surface area contributed by atoms with Crippen molar-refractivity contribution in [1.29, 1.82) is 0 Å². The molecule has 2 aromatic carbocycles. The number of halogens is 2. The van der Waals surface area contributed by atoms with Crippen LogP contribution in [0.5, 0.6) is 11.5 Å². The number of nitrogens with zero attached hydrogens (tertiary/aromatic N) is 1. The zero-order valence-electron chi connectivity index (χ0n) is 16.8. The van der Waals surface area contributed by atoms with E-state index in [0.717, 1.165) is 43.7 Å². The van der Waals surface area contributed by atoms with Gasteiger partial charge in [-0.3, -0.25) is 9.69 Å². The van der Waals surface area contributed by atoms with Crippen LogP contribution in [0, 0.1) is 5.82 Å². The second kappa shape index (κ2) is 9.10. The van der Waals surface area contributed by atoms with E-state index < -0.39 is 6.10 Å². The van der Waals surface area contributed by atoms with Crippen LogP contribution in [0.15, 0.2) is 36.4 Å². The fourth-order valence-electron chi connectivity index (χ4n) is 3.85. The van der Waals surface area contributed by atoms with Crippen LogP contribution in [-0.4, -0.2) is 49.7 Å². The molecule has 4 rings (SSSR count). The summed E-state index contributed by atoms with van der Waals surface area (Å²) in [4.78, 5) is 15.0. The van der Waals surface area contributed by atoms with E-state index >= 15 is 0 Å². The lowest BCUT2D eigenvalue weighted by Gasteiger charge is -2.34. The molecular formula is C22H25ClFN3O3. The molecule has 0 radical (unpaired) electrons. The van der Waals surface area contributed by atoms with Crippen LogP contribution >= 0.6 is 11.6 Å². The third-order valence-electron chi connectivity index (χ3n) is 5.55. The second-order valence-electron chi connectivity index (χ2n) is 7.66. The Bertz CT molecular complexity index is 901. The standard InChI is InChI=1S/C22H25ClFN3O3/c1-29-19-11-20-18(10-17(19)23)25-12-21(30-20)22(28)26-16-6-8-27(9-7-16)13-14-2-4-15(24)5-3-14/h2-5,10-11,16,21,25H,6-9,12-13H2,1H3,(H,26,28). The summed E-state index contributed by atoms with van der Waals surface area (Å²) in [6, 6.07) is 10.2. The van der Waals surface area contributed by atoms with Crippen LogP contribution in [0.2, 0.25) is 5.02 Å². The van der Waals surface area contributed by atoms with E-state index in [1.807, 2.05) is 12.1 Å². The number of hydrogen-bond donors (Lipinski definition) is 2. The van der Waals surface area contributed by atoms with E-state index in [9.17, 15) is 9.18 Å². The first kappa shape index (κ1) is 20.8. The average molecular weight is 434 g/mol. The highest BCUT2D eigenvalue weighted by Crippen LogP contribution is 2.38. The van der Waals surface area contributed by atoms with E-state index in [2.05, 4.69) is 15.5 Å². The number of ether oxygens (including phenoxy) is 2. The molecular weight excluding hydrogens is 409 g/mol. The van der Waals surface area contributed by atoms with E-state index in [1.165, 1.54) is 19.2 Å². The van der Waals surface area contributed by atoms with Gasteiger partial charge in [-0.2, -0.15) is 0 Å². The highest BCUT2D eigenvalue weighted by atomic mass is 35.5. The number of benzene rings is 2. The predicted octanol–water partition coefficient (Wildman–Crippen LogP) is 3.44. The number of carbonyl (C=O) groups excluding carboxylic acids is 1. The maximum atomic E-state index is 13.0. The molecule has 8 heteroatoms. The summed E-state index contributed by atoms with van der Waals surface area (Å²) in [6.45, 7) is 2.93. The van der Waals surface area contributed by atoms with Crippen LogP contribution in [0.3, 0.4) is 0 Å². The number of amides is 1. The number of rotatable bonds is 5. The van der Waals surface area contributed by atoms with Gasteiger partial charge in [0.25, 0.3) is 5.91 Å². The minimum Gasteiger partial charge on any atom is -0.495 e. The summed E-state index contributed by atoms with van der Waals surface area (Å²) in [5, 5.41) is 6.80. The highest BCUT2D eigenvalue weighted by molar-refractivity contribution is 6.32. The molecule has 1 unspecified atom stereocenters. The smallest absolute Gasteiger partial charge is 0.263 e. The van der Waals surface area contributed by atoms with Crippen LogP contribution in [0.1, 0.15) is 18.4 Å². The number of carbonyl (C=O) groups is 1. The monoisotopic (exact) mass is 433 g/mol. The Morgan fingerprint density at radius 2 is 2.03 bits per heavy atom. The van der Waals surface area contributed by atoms with Gasteiger partial charge in [-0.25, -0.2) is 4.39 Å². The molecule has 0 aromatic heterocycles. The first-order valence-corrected chi connectivity index (χ1v) is 10.4. The summed E-state index contributed by atoms with van der Waals surface area (Å²) in [5.74, 6) is 0.714. The summed E-state index contributed by atoms with van der Waals surface area (Å²) in [5.41, 5.74) is 1.84. The Labute approximate surface area is 180 Å². The van der Waals surface area contributed by atoms with Crippen molar-refractivity contribution in [3.63, 3.8) is 0 Å². The van der Waals surface area contributed by atoms with Gasteiger partial charge in [-0.05, 0) is 36.6 Å². The van der Waals surface area contributed by atoms with Crippen molar-refractivity contribution in [1.82, 2.24) is 10.2 Å². The molecule has 2 aromatic rings. The molecule has 160 valence electrons. The maximum absolute atomic E-state index is 13.0. The minimum atomic E-state index is -0.611. The van der Waals surface area contributed by atoms with Crippen molar-refractivity contribution >= 4 is 23.2 Å². The van der Waals surface area contributed by atoms with Crippen LogP contribution < -0.4 is 20.1 Å². The van der Waals surface area contributed by atoms with Gasteiger partial charge in [0.05, 0.1) is 24.4 Å². The van der Waals surface area contributed by atoms with Crippen molar-refractivity contribution in [2.45, 2.75) is 31.5 Å². The van der Waals surface area contributed by atoms with E-state index in [1.54, 1.807) is 12.1 Å². The predicted molar refractivity (Wildman–Crippen MR) is 114 cm³/mol. The van der Waals surface area contributed by atoms with Gasteiger partial charge in [-0.1, -0.05) is 23.7 Å². The summed E-state index contributed by atoms with van der Waals surface area (Å²) in [7, 11) is 1.54. The van der Waals surface area contributed by atoms with Gasteiger partial charge < -0.3 is 20.1 Å². The fourth-order valence-corrected chi connectivity index (χ4v) is 4.09. The molecule has 0 spiro atoms. The molecule has 2 heterocycles. The van der Waals surface area contributed by atoms with Crippen molar-refractivity contribution in [3.05, 3.63) is 52.8 Å². The Kier molecular flexibility index (Phi) is 6.29. The number of fused-ring (bicyclic) bond motifs is 1. The molecule has 6 nitrogen and oxygen atoms in total. The number of anilines is 1. The van der Waals surface area contributed by atoms with Crippen LogP contribution in [0.25, 0.3) is 0 Å². The van der Waals surface area contributed by atoms with Crippen molar-refractivity contribution < 1.29 is 18.7 Å². The number of hydrogen-bond acceptors (Lipinski definition) is 5. The number of nitrogens with one attached hydrogen (secondary N) is 2. The molecule has 1 fully saturated rings. The normalized spacial score (nSPS) is 19.4. The highest BCUT2D eigenvalue weighted by Gasteiger charge is 2.29. The van der Waals surface area contributed by atoms with Crippen LogP contribution in [0.4, 0.5) is 10.1 Å². The lowest BCUT2D eigenvalue weighted by Crippen LogP contribution is -2.51. The summed E-state index contributed by atoms with van der Waals surface area (Å²) >= 11 is 6.14. The number of likely N-dealkylation sites (tertiary alicyclic amines) is 1. The van der Waals surface area contributed by atoms with Gasteiger partial charge in [0.15, 0.2) is 6.10 Å². The molecule has 0 aliphatic carbocycles. The molecule has 2 N–H and O–H groups in total. The summed E-state index contributed by atoms with van der Waals surface area (Å²) < 4.78 is 24.2. The van der Waals surface area contributed by atoms with Gasteiger partial charge >= 0.3 is 0 Å². The van der Waals surface area contributed by atoms with Gasteiger partial charge in [-0.15, -0.1) is 0 Å². The molecule has 2 aliphatic rings. The fraction of sp³-hybridized carbons (Fsp3) is 0.409. The Balaban J connectivity index is 1.27. The topological polar surface area (TPSA) is 62.8 Å². The average Bonchev–Trinajstić information content (AvgIpc) is 2.76. The number of methoxy groups -OCH3 is 1. The van der Waals surface area contributed by atoms with Crippen molar-refractivity contribution in [2.24, 2.45) is 0 Å². The Morgan fingerprint density at radius 1 is 1.30 bits per heavy atom. The number of piperidine rings is 1. The quantitative estimate of drug-likeness (QED) is 0.756. The van der Waals surface area contributed by atoms with E-state index in [4.69, 9.17) is 21.1 Å². The zero-order valence-corrected chi connectivity index (χ0v) is 17.5. The SMILES string of the molecule is COc1cc2c(cc1Cl)NCC(C(=O)NC1CCN(Cc3ccc(F)cc3)CC1)O2. The van der Waals surface area contributed by atoms with Crippen molar-refractivity contribution in [3.8, 4) is 11.5 Å². The van der Waals surface area contributed by atoms with E-state index in [0.29, 0.717) is 23.1 Å².